The lowest BCUT2D eigenvalue weighted by Gasteiger charge is -2.05. The number of hydrogen-bond donors (Lipinski definition) is 0. The molecule has 0 N–H and O–H groups in total. The molecule has 0 fully saturated rings. The number of amides is 1. The number of hydrogen-bond acceptors (Lipinski definition) is 3. The number of nitrogens with zero attached hydrogens (tertiary/aromatic N) is 2. The molecule has 1 amide bonds. The fourth-order valence-electron chi connectivity index (χ4n) is 2.09. The third-order valence-electron chi connectivity index (χ3n) is 3.48. The van der Waals surface area contributed by atoms with E-state index in [1.165, 1.54) is 4.88 Å². The van der Waals surface area contributed by atoms with Gasteiger partial charge in [-0.25, -0.2) is 0 Å². The molecular weight excluding hydrogens is 284 g/mol. The van der Waals surface area contributed by atoms with E-state index in [1.807, 2.05) is 49.6 Å². The highest BCUT2D eigenvalue weighted by atomic mass is 32.1. The quantitative estimate of drug-likeness (QED) is 0.872. The van der Waals surface area contributed by atoms with Crippen LogP contribution in [0.3, 0.4) is 0 Å². The first-order chi connectivity index (χ1) is 10.0. The smallest absolute Gasteiger partial charge is 0.279 e. The van der Waals surface area contributed by atoms with Crippen molar-refractivity contribution in [1.82, 2.24) is 4.57 Å². The summed E-state index contributed by atoms with van der Waals surface area (Å²) >= 11 is 1.54. The molecule has 2 rings (SSSR count). The lowest BCUT2D eigenvalue weighted by Crippen LogP contribution is -2.20. The van der Waals surface area contributed by atoms with Gasteiger partial charge in [0.15, 0.2) is 4.80 Å². The molecule has 0 spiro atoms. The second-order valence-electron chi connectivity index (χ2n) is 4.90. The van der Waals surface area contributed by atoms with Crippen molar-refractivity contribution in [2.24, 2.45) is 4.99 Å². The Morgan fingerprint density at radius 2 is 2.00 bits per heavy atom. The molecule has 21 heavy (non-hydrogen) atoms. The highest BCUT2D eigenvalue weighted by Crippen LogP contribution is 2.11. The fourth-order valence-corrected chi connectivity index (χ4v) is 3.09. The molecule has 0 saturated heterocycles. The molecule has 0 bridgehead atoms. The van der Waals surface area contributed by atoms with Gasteiger partial charge in [-0.05, 0) is 32.4 Å². The molecule has 1 heterocycles. The first-order valence-corrected chi connectivity index (χ1v) is 7.66. The molecule has 0 aliphatic heterocycles. The average Bonchev–Trinajstić information content (AvgIpc) is 2.72. The maximum Gasteiger partial charge on any atom is 0.279 e. The maximum absolute atomic E-state index is 12.4. The van der Waals surface area contributed by atoms with Crippen molar-refractivity contribution in [2.45, 2.75) is 27.3 Å². The van der Waals surface area contributed by atoms with Crippen molar-refractivity contribution in [3.63, 3.8) is 0 Å². The molecule has 0 atom stereocenters. The van der Waals surface area contributed by atoms with Crippen LogP contribution in [0.4, 0.5) is 0 Å². The second-order valence-corrected chi connectivity index (χ2v) is 6.08. The van der Waals surface area contributed by atoms with Gasteiger partial charge in [0.1, 0.15) is 0 Å². The van der Waals surface area contributed by atoms with Gasteiger partial charge in [0.2, 0.25) is 0 Å². The van der Waals surface area contributed by atoms with Crippen LogP contribution in [0, 0.1) is 20.8 Å². The highest BCUT2D eigenvalue weighted by molar-refractivity contribution is 7.09. The molecule has 1 aromatic heterocycles. The van der Waals surface area contributed by atoms with E-state index in [0.717, 1.165) is 16.1 Å². The number of methoxy groups -OCH3 is 1. The first kappa shape index (κ1) is 15.7. The largest absolute Gasteiger partial charge is 0.383 e. The Balaban J connectivity index is 2.43. The number of carbonyl (C=O) groups excluding carboxylic acids is 1. The number of thiazole rings is 1. The number of aromatic nitrogens is 1. The predicted octanol–water partition coefficient (Wildman–Crippen LogP) is 2.86. The molecule has 5 heteroatoms. The summed E-state index contributed by atoms with van der Waals surface area (Å²) in [6.45, 7) is 7.31. The Labute approximate surface area is 128 Å². The third kappa shape index (κ3) is 3.49. The maximum atomic E-state index is 12.4. The molecule has 0 unspecified atom stereocenters. The van der Waals surface area contributed by atoms with E-state index in [0.29, 0.717) is 18.7 Å². The summed E-state index contributed by atoms with van der Waals surface area (Å²) in [5.41, 5.74) is 2.73. The zero-order valence-corrected chi connectivity index (χ0v) is 13.7. The van der Waals surface area contributed by atoms with Gasteiger partial charge in [0, 0.05) is 29.8 Å². The van der Waals surface area contributed by atoms with Gasteiger partial charge in [0.25, 0.3) is 5.91 Å². The summed E-state index contributed by atoms with van der Waals surface area (Å²) in [7, 11) is 1.67. The van der Waals surface area contributed by atoms with Crippen molar-refractivity contribution in [2.75, 3.05) is 13.7 Å². The Hall–Kier alpha value is -1.72. The minimum absolute atomic E-state index is 0.194. The number of ether oxygens (including phenoxy) is 1. The van der Waals surface area contributed by atoms with Crippen molar-refractivity contribution in [3.8, 4) is 0 Å². The van der Waals surface area contributed by atoms with Crippen LogP contribution in [-0.4, -0.2) is 24.2 Å². The van der Waals surface area contributed by atoms with E-state index in [-0.39, 0.29) is 5.91 Å². The minimum Gasteiger partial charge on any atom is -0.383 e. The number of carbonyl (C=O) groups is 1. The molecular formula is C16H20N2O2S. The first-order valence-electron chi connectivity index (χ1n) is 6.85. The molecule has 4 nitrogen and oxygen atoms in total. The van der Waals surface area contributed by atoms with Crippen molar-refractivity contribution in [3.05, 3.63) is 50.8 Å². The molecule has 0 aliphatic carbocycles. The van der Waals surface area contributed by atoms with E-state index in [1.54, 1.807) is 18.4 Å². The van der Waals surface area contributed by atoms with E-state index < -0.39 is 0 Å². The van der Waals surface area contributed by atoms with Crippen molar-refractivity contribution in [1.29, 1.82) is 0 Å². The van der Waals surface area contributed by atoms with E-state index in [2.05, 4.69) is 4.99 Å². The standard InChI is InChI=1S/C16H20N2O2S/c1-11-7-5-6-8-14(11)15(19)17-16-18(9-10-20-4)12(2)13(3)21-16/h5-8H,9-10H2,1-4H3/b17-16-. The highest BCUT2D eigenvalue weighted by Gasteiger charge is 2.10. The van der Waals surface area contributed by atoms with Crippen LogP contribution in [-0.2, 0) is 11.3 Å². The van der Waals surface area contributed by atoms with E-state index in [9.17, 15) is 4.79 Å². The number of rotatable bonds is 4. The van der Waals surface area contributed by atoms with Crippen LogP contribution in [0.15, 0.2) is 29.3 Å². The molecule has 0 aliphatic rings. The van der Waals surface area contributed by atoms with Gasteiger partial charge in [0.05, 0.1) is 6.61 Å². The van der Waals surface area contributed by atoms with Crippen molar-refractivity contribution < 1.29 is 9.53 Å². The van der Waals surface area contributed by atoms with Crippen LogP contribution < -0.4 is 4.80 Å². The van der Waals surface area contributed by atoms with E-state index in [4.69, 9.17) is 4.74 Å². The van der Waals surface area contributed by atoms with Gasteiger partial charge < -0.3 is 9.30 Å². The minimum atomic E-state index is -0.194. The summed E-state index contributed by atoms with van der Waals surface area (Å²) < 4.78 is 7.17. The lowest BCUT2D eigenvalue weighted by atomic mass is 10.1. The van der Waals surface area contributed by atoms with Crippen LogP contribution in [0.2, 0.25) is 0 Å². The molecule has 2 aromatic rings. The normalized spacial score (nSPS) is 11.9. The van der Waals surface area contributed by atoms with Crippen LogP contribution in [0.1, 0.15) is 26.5 Å². The topological polar surface area (TPSA) is 43.6 Å². The SMILES string of the molecule is COCCn1c(C)c(C)s/c1=N\C(=O)c1ccccc1C. The molecule has 0 radical (unpaired) electrons. The summed E-state index contributed by atoms with van der Waals surface area (Å²) in [5.74, 6) is -0.194. The Bertz CT molecular complexity index is 713. The summed E-state index contributed by atoms with van der Waals surface area (Å²) in [6, 6.07) is 7.52. The lowest BCUT2D eigenvalue weighted by molar-refractivity contribution is 0.0996. The van der Waals surface area contributed by atoms with Crippen molar-refractivity contribution >= 4 is 17.2 Å². The van der Waals surface area contributed by atoms with Gasteiger partial charge in [-0.3, -0.25) is 4.79 Å². The van der Waals surface area contributed by atoms with Gasteiger partial charge >= 0.3 is 0 Å². The van der Waals surface area contributed by atoms with Crippen LogP contribution >= 0.6 is 11.3 Å². The number of benzene rings is 1. The number of aryl methyl sites for hydroxylation is 2. The summed E-state index contributed by atoms with van der Waals surface area (Å²) in [5, 5.41) is 0. The van der Waals surface area contributed by atoms with Gasteiger partial charge in [-0.15, -0.1) is 11.3 Å². The average molecular weight is 304 g/mol. The molecule has 1 aromatic carbocycles. The summed E-state index contributed by atoms with van der Waals surface area (Å²) in [6.07, 6.45) is 0. The second kappa shape index (κ2) is 6.83. The Morgan fingerprint density at radius 1 is 1.29 bits per heavy atom. The fraction of sp³-hybridized carbons (Fsp3) is 0.375. The predicted molar refractivity (Wildman–Crippen MR) is 84.7 cm³/mol. The van der Waals surface area contributed by atoms with Gasteiger partial charge in [-0.2, -0.15) is 4.99 Å². The zero-order valence-electron chi connectivity index (χ0n) is 12.8. The van der Waals surface area contributed by atoms with Crippen LogP contribution in [0.5, 0.6) is 0 Å². The Kier molecular flexibility index (Phi) is 5.09. The zero-order chi connectivity index (χ0) is 15.4. The Morgan fingerprint density at radius 3 is 2.67 bits per heavy atom. The summed E-state index contributed by atoms with van der Waals surface area (Å²) in [4.78, 5) is 18.6. The van der Waals surface area contributed by atoms with Gasteiger partial charge in [-0.1, -0.05) is 18.2 Å². The third-order valence-corrected chi connectivity index (χ3v) is 4.58. The monoisotopic (exact) mass is 304 g/mol. The van der Waals surface area contributed by atoms with E-state index >= 15 is 0 Å². The molecule has 0 saturated carbocycles. The molecule has 112 valence electrons. The van der Waals surface area contributed by atoms with Crippen LogP contribution in [0.25, 0.3) is 0 Å².